The van der Waals surface area contributed by atoms with Gasteiger partial charge in [-0.15, -0.1) is 0 Å². The second kappa shape index (κ2) is 4.57. The van der Waals surface area contributed by atoms with Crippen molar-refractivity contribution in [3.63, 3.8) is 0 Å². The van der Waals surface area contributed by atoms with E-state index in [4.69, 9.17) is 4.79 Å². The Bertz CT molecular complexity index is 128. The number of nitrogens with zero attached hydrogens (tertiary/aromatic N) is 2. The zero-order chi connectivity index (χ0) is 7.11. The van der Waals surface area contributed by atoms with Crippen molar-refractivity contribution in [2.45, 2.75) is 0 Å². The van der Waals surface area contributed by atoms with Gasteiger partial charge in [-0.3, -0.25) is 0 Å². The highest BCUT2D eigenvalue weighted by atomic mass is 16.6. The number of hydrogen-bond acceptors (Lipinski definition) is 4. The van der Waals surface area contributed by atoms with Crippen molar-refractivity contribution in [3.8, 4) is 0 Å². The number of carbonyl (C=O) groups excluding carboxylic acids is 1. The van der Waals surface area contributed by atoms with Crippen LogP contribution in [0.3, 0.4) is 0 Å². The molecule has 0 fully saturated rings. The van der Waals surface area contributed by atoms with Crippen LogP contribution in [0, 0.1) is 0 Å². The van der Waals surface area contributed by atoms with Gasteiger partial charge in [0.25, 0.3) is 0 Å². The fourth-order valence-corrected chi connectivity index (χ4v) is 0.136. The van der Waals surface area contributed by atoms with Crippen molar-refractivity contribution < 1.29 is 9.42 Å². The van der Waals surface area contributed by atoms with E-state index in [0.717, 1.165) is 0 Å². The number of rotatable bonds is 0. The number of amides is 2. The first-order valence-corrected chi connectivity index (χ1v) is 2.00. The lowest BCUT2D eigenvalue weighted by Gasteiger charge is -1.62. The Hall–Kier alpha value is -1.59. The van der Waals surface area contributed by atoms with Gasteiger partial charge in [-0.05, 0) is 0 Å². The highest BCUT2D eigenvalue weighted by Crippen LogP contribution is 1.62. The Morgan fingerprint density at radius 2 is 1.67 bits per heavy atom. The van der Waals surface area contributed by atoms with Gasteiger partial charge in [-0.25, -0.2) is 9.42 Å². The van der Waals surface area contributed by atoms with E-state index in [-0.39, 0.29) is 0 Å². The van der Waals surface area contributed by atoms with Crippen LogP contribution in [-0.2, 0) is 0 Å². The highest BCUT2D eigenvalue weighted by molar-refractivity contribution is 5.69. The summed E-state index contributed by atoms with van der Waals surface area (Å²) in [6.07, 6.45) is 2.94. The molecule has 0 unspecified atom stereocenters. The molecule has 0 aliphatic heterocycles. The van der Waals surface area contributed by atoms with E-state index in [1.165, 1.54) is 12.4 Å². The predicted octanol–water partition coefficient (Wildman–Crippen LogP) is -0.907. The quantitative estimate of drug-likeness (QED) is 0.474. The maximum absolute atomic E-state index is 9.00. The first kappa shape index (κ1) is 7.41. The Morgan fingerprint density at radius 1 is 1.33 bits per heavy atom. The number of primary amides is 2. The average Bonchev–Trinajstić information content (AvgIpc) is 2.11. The molecule has 6 heteroatoms. The van der Waals surface area contributed by atoms with Gasteiger partial charge in [0.2, 0.25) is 0 Å². The molecule has 0 aliphatic rings. The molecular formula is C3H6N4O2. The topological polar surface area (TPSA) is 108 Å². The maximum atomic E-state index is 9.00. The molecule has 1 aromatic heterocycles. The zero-order valence-electron chi connectivity index (χ0n) is 4.52. The summed E-state index contributed by atoms with van der Waals surface area (Å²) in [7, 11) is 0. The molecule has 0 aliphatic carbocycles. The first-order valence-electron chi connectivity index (χ1n) is 2.00. The third kappa shape index (κ3) is 10.7. The number of carbonyl (C=O) groups is 1. The van der Waals surface area contributed by atoms with Gasteiger partial charge in [0.05, 0.1) is 12.4 Å². The van der Waals surface area contributed by atoms with Crippen LogP contribution >= 0.6 is 0 Å². The lowest BCUT2D eigenvalue weighted by molar-refractivity contribution is 0.256. The van der Waals surface area contributed by atoms with Crippen LogP contribution in [0.15, 0.2) is 17.0 Å². The van der Waals surface area contributed by atoms with Gasteiger partial charge < -0.3 is 11.5 Å². The molecule has 50 valence electrons. The van der Waals surface area contributed by atoms with Crippen LogP contribution in [0.4, 0.5) is 4.79 Å². The van der Waals surface area contributed by atoms with Gasteiger partial charge in [-0.2, -0.15) is 0 Å². The predicted molar refractivity (Wildman–Crippen MR) is 28.1 cm³/mol. The minimum atomic E-state index is -0.833. The average molecular weight is 130 g/mol. The van der Waals surface area contributed by atoms with Gasteiger partial charge in [0.1, 0.15) is 0 Å². The molecule has 0 saturated heterocycles. The summed E-state index contributed by atoms with van der Waals surface area (Å²) >= 11 is 0. The van der Waals surface area contributed by atoms with E-state index in [1.807, 2.05) is 0 Å². The Balaban J connectivity index is 0.000000148. The van der Waals surface area contributed by atoms with Crippen molar-refractivity contribution in [2.24, 2.45) is 11.5 Å². The number of urea groups is 1. The summed E-state index contributed by atoms with van der Waals surface area (Å²) in [5.74, 6) is 0. The summed E-state index contributed by atoms with van der Waals surface area (Å²) in [6.45, 7) is 0. The van der Waals surface area contributed by atoms with Gasteiger partial charge in [-0.1, -0.05) is 10.3 Å². The second-order valence-electron chi connectivity index (χ2n) is 0.993. The van der Waals surface area contributed by atoms with Crippen molar-refractivity contribution in [1.29, 1.82) is 0 Å². The standard InChI is InChI=1S/C2H2N2O.CH4N2O/c1-2-4-5-3-1;2-1(3)4/h1-2H;(H4,2,3,4). The fraction of sp³-hybridized carbons (Fsp3) is 0. The third-order valence-corrected chi connectivity index (χ3v) is 0.283. The summed E-state index contributed by atoms with van der Waals surface area (Å²) in [5.41, 5.74) is 8.50. The molecule has 0 atom stereocenters. The van der Waals surface area contributed by atoms with Gasteiger partial charge >= 0.3 is 6.03 Å². The van der Waals surface area contributed by atoms with Crippen LogP contribution in [-0.4, -0.2) is 16.3 Å². The molecule has 9 heavy (non-hydrogen) atoms. The Kier molecular flexibility index (Phi) is 3.76. The molecule has 1 rings (SSSR count). The Morgan fingerprint density at radius 3 is 1.78 bits per heavy atom. The lowest BCUT2D eigenvalue weighted by atomic mass is 11.0. The zero-order valence-corrected chi connectivity index (χ0v) is 4.52. The molecule has 1 heterocycles. The first-order chi connectivity index (χ1) is 4.23. The molecule has 6 nitrogen and oxygen atoms in total. The van der Waals surface area contributed by atoms with Crippen LogP contribution in [0.2, 0.25) is 0 Å². The minimum absolute atomic E-state index is 0.833. The largest absolute Gasteiger partial charge is 0.352 e. The fourth-order valence-electron chi connectivity index (χ4n) is 0.136. The minimum Gasteiger partial charge on any atom is -0.352 e. The van der Waals surface area contributed by atoms with E-state index in [9.17, 15) is 0 Å². The van der Waals surface area contributed by atoms with E-state index < -0.39 is 6.03 Å². The number of aromatic nitrogens is 2. The third-order valence-electron chi connectivity index (χ3n) is 0.283. The van der Waals surface area contributed by atoms with Crippen LogP contribution in [0.5, 0.6) is 0 Å². The van der Waals surface area contributed by atoms with E-state index in [2.05, 4.69) is 26.4 Å². The normalized spacial score (nSPS) is 7.11. The molecule has 0 radical (unpaired) electrons. The Labute approximate surface area is 50.8 Å². The van der Waals surface area contributed by atoms with Crippen LogP contribution in [0.25, 0.3) is 0 Å². The van der Waals surface area contributed by atoms with E-state index in [0.29, 0.717) is 0 Å². The maximum Gasteiger partial charge on any atom is 0.309 e. The van der Waals surface area contributed by atoms with Crippen molar-refractivity contribution in [2.75, 3.05) is 0 Å². The second-order valence-corrected chi connectivity index (χ2v) is 0.993. The molecule has 0 aromatic carbocycles. The molecule has 2 amide bonds. The molecular weight excluding hydrogens is 124 g/mol. The van der Waals surface area contributed by atoms with Crippen molar-refractivity contribution >= 4 is 6.03 Å². The van der Waals surface area contributed by atoms with Gasteiger partial charge in [0.15, 0.2) is 0 Å². The molecule has 0 spiro atoms. The summed E-state index contributed by atoms with van der Waals surface area (Å²) in [5, 5.41) is 6.47. The number of nitrogens with two attached hydrogens (primary N) is 2. The molecule has 0 saturated carbocycles. The monoisotopic (exact) mass is 130 g/mol. The van der Waals surface area contributed by atoms with Crippen LogP contribution < -0.4 is 11.5 Å². The molecule has 0 bridgehead atoms. The van der Waals surface area contributed by atoms with Crippen molar-refractivity contribution in [1.82, 2.24) is 10.3 Å². The lowest BCUT2D eigenvalue weighted by Crippen LogP contribution is -2.18. The van der Waals surface area contributed by atoms with E-state index in [1.54, 1.807) is 0 Å². The summed E-state index contributed by atoms with van der Waals surface area (Å²) < 4.78 is 4.08. The smallest absolute Gasteiger partial charge is 0.309 e. The molecule has 1 aromatic rings. The molecule has 4 N–H and O–H groups in total. The van der Waals surface area contributed by atoms with Crippen molar-refractivity contribution in [3.05, 3.63) is 12.4 Å². The van der Waals surface area contributed by atoms with Gasteiger partial charge in [0, 0.05) is 0 Å². The summed E-state index contributed by atoms with van der Waals surface area (Å²) in [4.78, 5) is 9.00. The van der Waals surface area contributed by atoms with Crippen LogP contribution in [0.1, 0.15) is 0 Å². The summed E-state index contributed by atoms with van der Waals surface area (Å²) in [6, 6.07) is -0.833. The SMILES string of the molecule is NC(N)=O.c1cnon1. The van der Waals surface area contributed by atoms with E-state index >= 15 is 0 Å². The number of hydrogen-bond donors (Lipinski definition) is 2. The highest BCUT2D eigenvalue weighted by Gasteiger charge is 1.61.